The van der Waals surface area contributed by atoms with Gasteiger partial charge in [0.05, 0.1) is 30.2 Å². The van der Waals surface area contributed by atoms with Gasteiger partial charge in [0.25, 0.3) is 5.91 Å². The number of amides is 1. The van der Waals surface area contributed by atoms with Crippen LogP contribution in [0.5, 0.6) is 0 Å². The molecule has 28 heavy (non-hydrogen) atoms. The molecule has 1 unspecified atom stereocenters. The number of fused-ring (bicyclic) bond motifs is 1. The van der Waals surface area contributed by atoms with Crippen molar-refractivity contribution in [1.82, 2.24) is 14.9 Å². The lowest BCUT2D eigenvalue weighted by Gasteiger charge is -2.15. The van der Waals surface area contributed by atoms with E-state index in [0.29, 0.717) is 17.9 Å². The lowest BCUT2D eigenvalue weighted by Crippen LogP contribution is -2.25. The molecule has 0 aliphatic heterocycles. The minimum absolute atomic E-state index is 0.150. The highest BCUT2D eigenvalue weighted by Gasteiger charge is 2.16. The maximum atomic E-state index is 12.4. The van der Waals surface area contributed by atoms with Crippen molar-refractivity contribution in [2.24, 2.45) is 0 Å². The maximum absolute atomic E-state index is 12.4. The molecule has 0 saturated heterocycles. The molecule has 140 valence electrons. The van der Waals surface area contributed by atoms with Crippen LogP contribution in [0.15, 0.2) is 84.9 Å². The van der Waals surface area contributed by atoms with Crippen molar-refractivity contribution in [2.45, 2.75) is 19.2 Å². The molecule has 0 aliphatic carbocycles. The van der Waals surface area contributed by atoms with Crippen LogP contribution < -0.4 is 5.32 Å². The van der Waals surface area contributed by atoms with Gasteiger partial charge < -0.3 is 15.0 Å². The van der Waals surface area contributed by atoms with E-state index in [9.17, 15) is 9.90 Å². The monoisotopic (exact) mass is 371 g/mol. The van der Waals surface area contributed by atoms with Gasteiger partial charge in [-0.15, -0.1) is 0 Å². The van der Waals surface area contributed by atoms with Gasteiger partial charge in [0.1, 0.15) is 5.82 Å². The van der Waals surface area contributed by atoms with E-state index >= 15 is 0 Å². The van der Waals surface area contributed by atoms with Gasteiger partial charge >= 0.3 is 0 Å². The molecule has 4 rings (SSSR count). The number of imidazole rings is 1. The fourth-order valence-electron chi connectivity index (χ4n) is 3.27. The molecule has 0 radical (unpaired) electrons. The second-order valence-electron chi connectivity index (χ2n) is 6.60. The smallest absolute Gasteiger partial charge is 0.251 e. The Morgan fingerprint density at radius 2 is 1.57 bits per heavy atom. The van der Waals surface area contributed by atoms with Crippen molar-refractivity contribution in [3.8, 4) is 0 Å². The summed E-state index contributed by atoms with van der Waals surface area (Å²) in [6, 6.07) is 26.4. The van der Waals surface area contributed by atoms with Crippen molar-refractivity contribution in [3.05, 3.63) is 102 Å². The SMILES string of the molecule is O=C(NCc1nc2ccccc2n1CC(O)c1ccccc1)c1ccccc1. The molecule has 1 atom stereocenters. The summed E-state index contributed by atoms with van der Waals surface area (Å²) in [7, 11) is 0. The lowest BCUT2D eigenvalue weighted by atomic mass is 10.1. The molecule has 0 bridgehead atoms. The Morgan fingerprint density at radius 1 is 0.929 bits per heavy atom. The Hall–Kier alpha value is -3.44. The molecule has 1 amide bonds. The molecule has 3 aromatic carbocycles. The number of para-hydroxylation sites is 2. The van der Waals surface area contributed by atoms with E-state index < -0.39 is 6.10 Å². The predicted octanol–water partition coefficient (Wildman–Crippen LogP) is 3.70. The first-order valence-corrected chi connectivity index (χ1v) is 9.23. The third-order valence-corrected chi connectivity index (χ3v) is 4.72. The predicted molar refractivity (Wildman–Crippen MR) is 109 cm³/mol. The number of rotatable bonds is 6. The number of benzene rings is 3. The van der Waals surface area contributed by atoms with Crippen LogP contribution in [-0.4, -0.2) is 20.6 Å². The van der Waals surface area contributed by atoms with E-state index in [4.69, 9.17) is 0 Å². The largest absolute Gasteiger partial charge is 0.387 e. The number of nitrogens with zero attached hydrogens (tertiary/aromatic N) is 2. The first kappa shape index (κ1) is 17.9. The first-order valence-electron chi connectivity index (χ1n) is 9.23. The number of aliphatic hydroxyl groups excluding tert-OH is 1. The first-order chi connectivity index (χ1) is 13.7. The number of hydrogen-bond acceptors (Lipinski definition) is 3. The molecule has 1 heterocycles. The van der Waals surface area contributed by atoms with Gasteiger partial charge in [0.2, 0.25) is 0 Å². The molecular weight excluding hydrogens is 350 g/mol. The quantitative estimate of drug-likeness (QED) is 0.543. The van der Waals surface area contributed by atoms with Crippen LogP contribution >= 0.6 is 0 Å². The second kappa shape index (κ2) is 8.06. The van der Waals surface area contributed by atoms with Crippen molar-refractivity contribution in [2.75, 3.05) is 0 Å². The molecule has 4 aromatic rings. The molecular formula is C23H21N3O2. The summed E-state index contributed by atoms with van der Waals surface area (Å²) in [5, 5.41) is 13.6. The standard InChI is InChI=1S/C23H21N3O2/c27-21(17-9-3-1-4-10-17)16-26-20-14-8-7-13-19(20)25-22(26)15-24-23(28)18-11-5-2-6-12-18/h1-14,21,27H,15-16H2,(H,24,28). The van der Waals surface area contributed by atoms with Crippen LogP contribution in [0.2, 0.25) is 0 Å². The van der Waals surface area contributed by atoms with Crippen molar-refractivity contribution < 1.29 is 9.90 Å². The van der Waals surface area contributed by atoms with Gasteiger partial charge in [0, 0.05) is 5.56 Å². The number of aromatic nitrogens is 2. The average Bonchev–Trinajstić information content (AvgIpc) is 3.10. The second-order valence-corrected chi connectivity index (χ2v) is 6.60. The number of carbonyl (C=O) groups is 1. The Balaban J connectivity index is 1.59. The van der Waals surface area contributed by atoms with Crippen LogP contribution in [0, 0.1) is 0 Å². The Bertz CT molecular complexity index is 1070. The highest BCUT2D eigenvalue weighted by molar-refractivity contribution is 5.94. The van der Waals surface area contributed by atoms with Crippen molar-refractivity contribution in [1.29, 1.82) is 0 Å². The maximum Gasteiger partial charge on any atom is 0.251 e. The van der Waals surface area contributed by atoms with E-state index in [-0.39, 0.29) is 12.5 Å². The molecule has 0 spiro atoms. The molecule has 5 heteroatoms. The molecule has 2 N–H and O–H groups in total. The number of hydrogen-bond donors (Lipinski definition) is 2. The van der Waals surface area contributed by atoms with Crippen LogP contribution in [0.3, 0.4) is 0 Å². The Morgan fingerprint density at radius 3 is 2.32 bits per heavy atom. The van der Waals surface area contributed by atoms with Gasteiger partial charge in [-0.2, -0.15) is 0 Å². The average molecular weight is 371 g/mol. The van der Waals surface area contributed by atoms with E-state index in [1.807, 2.05) is 77.4 Å². The summed E-state index contributed by atoms with van der Waals surface area (Å²) >= 11 is 0. The van der Waals surface area contributed by atoms with Crippen molar-refractivity contribution >= 4 is 16.9 Å². The zero-order valence-corrected chi connectivity index (χ0v) is 15.3. The minimum atomic E-state index is -0.664. The number of aliphatic hydroxyl groups is 1. The third kappa shape index (κ3) is 3.80. The van der Waals surface area contributed by atoms with Gasteiger partial charge in [0.15, 0.2) is 0 Å². The highest BCUT2D eigenvalue weighted by Crippen LogP contribution is 2.21. The lowest BCUT2D eigenvalue weighted by molar-refractivity contribution is 0.0949. The summed E-state index contributed by atoms with van der Waals surface area (Å²) < 4.78 is 1.97. The summed E-state index contributed by atoms with van der Waals surface area (Å²) in [4.78, 5) is 17.1. The van der Waals surface area contributed by atoms with Crippen LogP contribution in [0.25, 0.3) is 11.0 Å². The topological polar surface area (TPSA) is 67.2 Å². The van der Waals surface area contributed by atoms with Gasteiger partial charge in [-0.25, -0.2) is 4.98 Å². The normalized spacial score (nSPS) is 12.0. The van der Waals surface area contributed by atoms with Gasteiger partial charge in [-0.3, -0.25) is 4.79 Å². The molecule has 0 saturated carbocycles. The molecule has 1 aromatic heterocycles. The van der Waals surface area contributed by atoms with Crippen LogP contribution in [0.1, 0.15) is 27.8 Å². The van der Waals surface area contributed by atoms with Gasteiger partial charge in [-0.1, -0.05) is 60.7 Å². The zero-order valence-electron chi connectivity index (χ0n) is 15.3. The Kier molecular flexibility index (Phi) is 5.17. The Labute approximate surface area is 163 Å². The fraction of sp³-hybridized carbons (Fsp3) is 0.130. The number of nitrogens with one attached hydrogen (secondary N) is 1. The van der Waals surface area contributed by atoms with E-state index in [1.165, 1.54) is 0 Å². The summed E-state index contributed by atoms with van der Waals surface area (Å²) in [5.74, 6) is 0.559. The fourth-order valence-corrected chi connectivity index (χ4v) is 3.27. The summed E-state index contributed by atoms with van der Waals surface area (Å²) in [5.41, 5.74) is 3.22. The van der Waals surface area contributed by atoms with E-state index in [2.05, 4.69) is 10.3 Å². The van der Waals surface area contributed by atoms with Gasteiger partial charge in [-0.05, 0) is 29.8 Å². The van der Waals surface area contributed by atoms with Crippen LogP contribution in [0.4, 0.5) is 0 Å². The van der Waals surface area contributed by atoms with Crippen LogP contribution in [-0.2, 0) is 13.1 Å². The summed E-state index contributed by atoms with van der Waals surface area (Å²) in [6.07, 6.45) is -0.664. The zero-order chi connectivity index (χ0) is 19.3. The minimum Gasteiger partial charge on any atom is -0.387 e. The number of carbonyl (C=O) groups excluding carboxylic acids is 1. The molecule has 0 fully saturated rings. The van der Waals surface area contributed by atoms with Crippen molar-refractivity contribution in [3.63, 3.8) is 0 Å². The summed E-state index contributed by atoms with van der Waals surface area (Å²) in [6.45, 7) is 0.644. The highest BCUT2D eigenvalue weighted by atomic mass is 16.3. The van der Waals surface area contributed by atoms with E-state index in [1.54, 1.807) is 12.1 Å². The van der Waals surface area contributed by atoms with E-state index in [0.717, 1.165) is 16.6 Å². The molecule has 0 aliphatic rings. The molecule has 5 nitrogen and oxygen atoms in total. The third-order valence-electron chi connectivity index (χ3n) is 4.72.